The summed E-state index contributed by atoms with van der Waals surface area (Å²) in [6.45, 7) is 4.24. The third-order valence-electron chi connectivity index (χ3n) is 8.52. The van der Waals surface area contributed by atoms with E-state index in [4.69, 9.17) is 10.5 Å². The van der Waals surface area contributed by atoms with Gasteiger partial charge in [-0.15, -0.1) is 0 Å². The topological polar surface area (TPSA) is 101 Å². The molecule has 0 unspecified atom stereocenters. The third-order valence-corrected chi connectivity index (χ3v) is 8.52. The van der Waals surface area contributed by atoms with E-state index in [0.29, 0.717) is 30.6 Å². The number of nitrogen functional groups attached to an aromatic ring is 1. The monoisotopic (exact) mass is 534 g/mol. The molecule has 0 bridgehead atoms. The summed E-state index contributed by atoms with van der Waals surface area (Å²) < 4.78 is 8.23. The van der Waals surface area contributed by atoms with Crippen LogP contribution in [0.3, 0.4) is 0 Å². The molecule has 7 rings (SSSR count). The van der Waals surface area contributed by atoms with Crippen LogP contribution in [0.2, 0.25) is 0 Å². The molecule has 40 heavy (non-hydrogen) atoms. The number of piperidine rings is 1. The standard InChI is InChI=1S/C32H34N6O2/c33-31-30-29(22-7-9-27(10-8-22)40-26-4-2-1-3-5-26)28(38(24-16-25(39)17-24)32(30)36-20-35-31)11-6-21-18-37(19-21)23-12-14-34-15-13-23/h1-5,7-10,20-21,23-25,34,39H,12-19H2,(H2,33,35,36). The summed E-state index contributed by atoms with van der Waals surface area (Å²) in [4.78, 5) is 11.6. The Bertz CT molecular complexity index is 1550. The summed E-state index contributed by atoms with van der Waals surface area (Å²) in [5, 5.41) is 14.4. The highest BCUT2D eigenvalue weighted by atomic mass is 16.5. The molecule has 4 heterocycles. The zero-order valence-electron chi connectivity index (χ0n) is 22.5. The van der Waals surface area contributed by atoms with E-state index < -0.39 is 0 Å². The normalized spacial score (nSPS) is 21.8. The molecule has 2 aromatic heterocycles. The molecule has 8 heteroatoms. The maximum atomic E-state index is 10.2. The van der Waals surface area contributed by atoms with Crippen LogP contribution in [0, 0.1) is 17.8 Å². The molecule has 8 nitrogen and oxygen atoms in total. The largest absolute Gasteiger partial charge is 0.457 e. The molecule has 3 aliphatic rings. The average Bonchev–Trinajstić information content (AvgIpc) is 3.27. The van der Waals surface area contributed by atoms with Crippen molar-refractivity contribution in [1.29, 1.82) is 0 Å². The Hall–Kier alpha value is -3.90. The van der Waals surface area contributed by atoms with Crippen molar-refractivity contribution in [2.24, 2.45) is 5.92 Å². The zero-order valence-corrected chi connectivity index (χ0v) is 22.5. The molecule has 204 valence electrons. The highest BCUT2D eigenvalue weighted by Gasteiger charge is 2.35. The predicted octanol–water partition coefficient (Wildman–Crippen LogP) is 4.20. The molecule has 4 N–H and O–H groups in total. The highest BCUT2D eigenvalue weighted by molar-refractivity contribution is 6.03. The zero-order chi connectivity index (χ0) is 27.1. The number of anilines is 1. The van der Waals surface area contributed by atoms with Gasteiger partial charge in [0.05, 0.1) is 11.5 Å². The van der Waals surface area contributed by atoms with Gasteiger partial charge in [0.15, 0.2) is 0 Å². The molecule has 1 saturated carbocycles. The number of fused-ring (bicyclic) bond motifs is 1. The van der Waals surface area contributed by atoms with Crippen LogP contribution in [0.1, 0.15) is 37.4 Å². The summed E-state index contributed by atoms with van der Waals surface area (Å²) in [7, 11) is 0. The second-order valence-electron chi connectivity index (χ2n) is 11.2. The van der Waals surface area contributed by atoms with Gasteiger partial charge in [-0.25, -0.2) is 9.97 Å². The van der Waals surface area contributed by atoms with Gasteiger partial charge in [0.25, 0.3) is 0 Å². The van der Waals surface area contributed by atoms with Crippen LogP contribution >= 0.6 is 0 Å². The van der Waals surface area contributed by atoms with E-state index in [9.17, 15) is 5.11 Å². The Morgan fingerprint density at radius 2 is 1.65 bits per heavy atom. The second-order valence-corrected chi connectivity index (χ2v) is 11.2. The van der Waals surface area contributed by atoms with Gasteiger partial charge in [0, 0.05) is 36.7 Å². The molecule has 0 spiro atoms. The van der Waals surface area contributed by atoms with E-state index in [2.05, 4.69) is 36.6 Å². The van der Waals surface area contributed by atoms with E-state index in [1.807, 2.05) is 54.6 Å². The van der Waals surface area contributed by atoms with Crippen molar-refractivity contribution in [3.63, 3.8) is 0 Å². The number of aliphatic hydroxyl groups is 1. The van der Waals surface area contributed by atoms with Gasteiger partial charge in [0.2, 0.25) is 0 Å². The average molecular weight is 535 g/mol. The minimum Gasteiger partial charge on any atom is -0.457 e. The number of rotatable bonds is 5. The van der Waals surface area contributed by atoms with Crippen LogP contribution in [0.25, 0.3) is 22.2 Å². The number of aliphatic hydroxyl groups excluding tert-OH is 1. The fourth-order valence-electron chi connectivity index (χ4n) is 6.24. The van der Waals surface area contributed by atoms with Crippen molar-refractivity contribution in [2.45, 2.75) is 43.9 Å². The SMILES string of the molecule is Nc1ncnc2c1c(-c1ccc(Oc3ccccc3)cc1)c(C#CC1CN(C3CCNCC3)C1)n2C1CC(O)C1. The van der Waals surface area contributed by atoms with Gasteiger partial charge >= 0.3 is 0 Å². The molecule has 2 saturated heterocycles. The number of nitrogens with zero attached hydrogens (tertiary/aromatic N) is 4. The third kappa shape index (κ3) is 4.71. The first-order chi connectivity index (χ1) is 19.6. The molecular weight excluding hydrogens is 500 g/mol. The Labute approximate surface area is 234 Å². The van der Waals surface area contributed by atoms with Crippen LogP contribution < -0.4 is 15.8 Å². The number of hydrogen-bond donors (Lipinski definition) is 3. The number of nitrogens with two attached hydrogens (primary N) is 1. The molecule has 0 atom stereocenters. The molecule has 1 aliphatic carbocycles. The minimum absolute atomic E-state index is 0.123. The first kappa shape index (κ1) is 25.1. The van der Waals surface area contributed by atoms with Crippen molar-refractivity contribution >= 4 is 16.9 Å². The fraction of sp³-hybridized carbons (Fsp3) is 0.375. The van der Waals surface area contributed by atoms with Gasteiger partial charge in [-0.3, -0.25) is 4.90 Å². The van der Waals surface area contributed by atoms with Crippen LogP contribution in [-0.4, -0.2) is 62.9 Å². The molecule has 2 aromatic carbocycles. The Kier molecular flexibility index (Phi) is 6.64. The van der Waals surface area contributed by atoms with E-state index >= 15 is 0 Å². The minimum atomic E-state index is -0.300. The molecular formula is C32H34N6O2. The number of likely N-dealkylation sites (tertiary alicyclic amines) is 1. The van der Waals surface area contributed by atoms with E-state index in [-0.39, 0.29) is 12.1 Å². The van der Waals surface area contributed by atoms with Gasteiger partial charge in [-0.05, 0) is 74.5 Å². The lowest BCUT2D eigenvalue weighted by molar-refractivity contribution is 0.0499. The quantitative estimate of drug-likeness (QED) is 0.330. The van der Waals surface area contributed by atoms with Crippen molar-refractivity contribution < 1.29 is 9.84 Å². The number of para-hydroxylation sites is 1. The lowest BCUT2D eigenvalue weighted by atomic mass is 9.89. The van der Waals surface area contributed by atoms with Crippen LogP contribution in [-0.2, 0) is 0 Å². The molecule has 0 radical (unpaired) electrons. The fourth-order valence-corrected chi connectivity index (χ4v) is 6.24. The van der Waals surface area contributed by atoms with Gasteiger partial charge in [-0.1, -0.05) is 36.3 Å². The summed E-state index contributed by atoms with van der Waals surface area (Å²) in [5.74, 6) is 9.49. The van der Waals surface area contributed by atoms with Crippen LogP contribution in [0.5, 0.6) is 11.5 Å². The molecule has 2 aliphatic heterocycles. The first-order valence-corrected chi connectivity index (χ1v) is 14.3. The van der Waals surface area contributed by atoms with E-state index in [1.165, 1.54) is 19.2 Å². The van der Waals surface area contributed by atoms with Gasteiger partial charge in [-0.2, -0.15) is 0 Å². The lowest BCUT2D eigenvalue weighted by Crippen LogP contribution is -2.54. The summed E-state index contributed by atoms with van der Waals surface area (Å²) in [6, 6.07) is 18.6. The Balaban J connectivity index is 1.25. The van der Waals surface area contributed by atoms with E-state index in [0.717, 1.165) is 65.5 Å². The maximum Gasteiger partial charge on any atom is 0.147 e. The molecule has 4 aromatic rings. The number of nitrogens with one attached hydrogen (secondary N) is 1. The summed E-state index contributed by atoms with van der Waals surface area (Å²) >= 11 is 0. The van der Waals surface area contributed by atoms with Gasteiger partial charge < -0.3 is 25.5 Å². The number of aromatic nitrogens is 3. The van der Waals surface area contributed by atoms with Crippen LogP contribution in [0.15, 0.2) is 60.9 Å². The first-order valence-electron chi connectivity index (χ1n) is 14.3. The van der Waals surface area contributed by atoms with E-state index in [1.54, 1.807) is 0 Å². The lowest BCUT2D eigenvalue weighted by Gasteiger charge is -2.44. The van der Waals surface area contributed by atoms with Crippen LogP contribution in [0.4, 0.5) is 5.82 Å². The summed E-state index contributed by atoms with van der Waals surface area (Å²) in [6.07, 6.45) is 5.00. The molecule has 0 amide bonds. The smallest absolute Gasteiger partial charge is 0.147 e. The van der Waals surface area contributed by atoms with Crippen molar-refractivity contribution in [2.75, 3.05) is 31.9 Å². The highest BCUT2D eigenvalue weighted by Crippen LogP contribution is 2.43. The Morgan fingerprint density at radius 3 is 2.38 bits per heavy atom. The van der Waals surface area contributed by atoms with Crippen molar-refractivity contribution in [3.05, 3.63) is 66.6 Å². The number of hydrogen-bond acceptors (Lipinski definition) is 7. The van der Waals surface area contributed by atoms with Crippen molar-refractivity contribution in [1.82, 2.24) is 24.8 Å². The number of ether oxygens (including phenoxy) is 1. The van der Waals surface area contributed by atoms with Crippen molar-refractivity contribution in [3.8, 4) is 34.5 Å². The summed E-state index contributed by atoms with van der Waals surface area (Å²) in [5.41, 5.74) is 10.1. The maximum absolute atomic E-state index is 10.2. The second kappa shape index (κ2) is 10.6. The predicted molar refractivity (Wildman–Crippen MR) is 156 cm³/mol. The Morgan fingerprint density at radius 1 is 0.925 bits per heavy atom. The number of benzene rings is 2. The van der Waals surface area contributed by atoms with Gasteiger partial charge in [0.1, 0.15) is 35.0 Å². The molecule has 3 fully saturated rings.